The smallest absolute Gasteiger partial charge is 0.223 e. The molecule has 0 radical (unpaired) electrons. The van der Waals surface area contributed by atoms with E-state index in [1.54, 1.807) is 11.3 Å². The lowest BCUT2D eigenvalue weighted by Crippen LogP contribution is -2.29. The fraction of sp³-hybridized carbons (Fsp3) is 0.385. The summed E-state index contributed by atoms with van der Waals surface area (Å²) < 4.78 is 1.11. The number of fused-ring (bicyclic) bond motifs is 1. The highest BCUT2D eigenvalue weighted by Crippen LogP contribution is 2.29. The molecule has 2 N–H and O–H groups in total. The minimum Gasteiger partial charge on any atom is -0.360 e. The number of carbonyl (C=O) groups excluding carboxylic acids is 1. The molecule has 1 aromatic heterocycles. The summed E-state index contributed by atoms with van der Waals surface area (Å²) in [5.74, 6) is 0.447. The molecule has 0 bridgehead atoms. The lowest BCUT2D eigenvalue weighted by Gasteiger charge is -2.04. The highest BCUT2D eigenvalue weighted by atomic mass is 35.5. The maximum atomic E-state index is 11.4. The van der Waals surface area contributed by atoms with Gasteiger partial charge in [-0.05, 0) is 31.0 Å². The van der Waals surface area contributed by atoms with Crippen LogP contribution < -0.4 is 10.6 Å². The highest BCUT2D eigenvalue weighted by Gasteiger charge is 2.28. The average molecular weight is 296 g/mol. The summed E-state index contributed by atoms with van der Waals surface area (Å²) in [5, 5.41) is 7.68. The number of benzene rings is 1. The first-order valence-electron chi connectivity index (χ1n) is 6.30. The van der Waals surface area contributed by atoms with Gasteiger partial charge in [-0.15, -0.1) is 0 Å². The summed E-state index contributed by atoms with van der Waals surface area (Å²) in [6, 6.07) is 5.69. The largest absolute Gasteiger partial charge is 0.360 e. The van der Waals surface area contributed by atoms with Crippen molar-refractivity contribution in [1.29, 1.82) is 0 Å². The van der Waals surface area contributed by atoms with E-state index in [1.807, 2.05) is 18.2 Å². The molecule has 0 spiro atoms. The lowest BCUT2D eigenvalue weighted by molar-refractivity contribution is -0.122. The van der Waals surface area contributed by atoms with Crippen molar-refractivity contribution in [2.75, 3.05) is 18.4 Å². The first-order chi connectivity index (χ1) is 9.22. The zero-order valence-corrected chi connectivity index (χ0v) is 11.9. The Bertz CT molecular complexity index is 609. The fourth-order valence-electron chi connectivity index (χ4n) is 1.82. The van der Waals surface area contributed by atoms with Crippen LogP contribution in [0, 0.1) is 5.92 Å². The molecule has 0 saturated heterocycles. The normalized spacial score (nSPS) is 14.6. The third-order valence-corrected chi connectivity index (χ3v) is 4.23. The minimum absolute atomic E-state index is 0.179. The van der Waals surface area contributed by atoms with Crippen LogP contribution in [-0.2, 0) is 4.79 Å². The van der Waals surface area contributed by atoms with Crippen LogP contribution in [0.1, 0.15) is 12.8 Å². The van der Waals surface area contributed by atoms with E-state index in [4.69, 9.17) is 11.6 Å². The molecule has 1 amide bonds. The van der Waals surface area contributed by atoms with E-state index in [0.717, 1.165) is 28.2 Å². The first kappa shape index (κ1) is 12.7. The molecular weight excluding hydrogens is 282 g/mol. The van der Waals surface area contributed by atoms with Gasteiger partial charge in [0.05, 0.1) is 10.2 Å². The summed E-state index contributed by atoms with van der Waals surface area (Å²) >= 11 is 7.51. The SMILES string of the molecule is O=C(NCCNc1nc2cc(Cl)ccc2s1)C1CC1. The van der Waals surface area contributed by atoms with Crippen molar-refractivity contribution < 1.29 is 4.79 Å². The van der Waals surface area contributed by atoms with Gasteiger partial charge in [-0.3, -0.25) is 4.79 Å². The van der Waals surface area contributed by atoms with Crippen molar-refractivity contribution in [2.45, 2.75) is 12.8 Å². The Morgan fingerprint density at radius 1 is 1.42 bits per heavy atom. The molecular formula is C13H14ClN3OS. The van der Waals surface area contributed by atoms with Crippen LogP contribution in [-0.4, -0.2) is 24.0 Å². The van der Waals surface area contributed by atoms with E-state index in [1.165, 1.54) is 0 Å². The zero-order chi connectivity index (χ0) is 13.2. The Balaban J connectivity index is 1.52. The Morgan fingerprint density at radius 3 is 3.05 bits per heavy atom. The number of anilines is 1. The number of carbonyl (C=O) groups is 1. The quantitative estimate of drug-likeness (QED) is 0.834. The number of hydrogen-bond donors (Lipinski definition) is 2. The molecule has 2 aromatic rings. The Hall–Kier alpha value is -1.33. The van der Waals surface area contributed by atoms with E-state index in [0.29, 0.717) is 18.1 Å². The van der Waals surface area contributed by atoms with Gasteiger partial charge in [0.25, 0.3) is 0 Å². The van der Waals surface area contributed by atoms with Gasteiger partial charge in [0.1, 0.15) is 0 Å². The fourth-order valence-corrected chi connectivity index (χ4v) is 2.86. The number of amides is 1. The molecule has 3 rings (SSSR count). The van der Waals surface area contributed by atoms with Gasteiger partial charge in [-0.25, -0.2) is 4.98 Å². The number of halogens is 1. The summed E-state index contributed by atoms with van der Waals surface area (Å²) in [4.78, 5) is 15.9. The molecule has 1 aliphatic rings. The summed E-state index contributed by atoms with van der Waals surface area (Å²) in [5.41, 5.74) is 0.905. The van der Waals surface area contributed by atoms with Gasteiger partial charge in [0.15, 0.2) is 5.13 Å². The standard InChI is InChI=1S/C13H14ClN3OS/c14-9-3-4-11-10(7-9)17-13(19-11)16-6-5-15-12(18)8-1-2-8/h3-4,7-8H,1-2,5-6H2,(H,15,18)(H,16,17). The van der Waals surface area contributed by atoms with Crippen LogP contribution in [0.5, 0.6) is 0 Å². The van der Waals surface area contributed by atoms with Crippen molar-refractivity contribution in [3.8, 4) is 0 Å². The predicted molar refractivity (Wildman–Crippen MR) is 78.9 cm³/mol. The topological polar surface area (TPSA) is 54.0 Å². The molecule has 1 saturated carbocycles. The van der Waals surface area contributed by atoms with Crippen LogP contribution in [0.3, 0.4) is 0 Å². The van der Waals surface area contributed by atoms with E-state index in [2.05, 4.69) is 15.6 Å². The number of nitrogens with zero attached hydrogens (tertiary/aromatic N) is 1. The molecule has 4 nitrogen and oxygen atoms in total. The number of rotatable bonds is 5. The van der Waals surface area contributed by atoms with Crippen LogP contribution in [0.4, 0.5) is 5.13 Å². The first-order valence-corrected chi connectivity index (χ1v) is 7.49. The molecule has 6 heteroatoms. The zero-order valence-electron chi connectivity index (χ0n) is 10.3. The van der Waals surface area contributed by atoms with Gasteiger partial charge < -0.3 is 10.6 Å². The number of hydrogen-bond acceptors (Lipinski definition) is 4. The second-order valence-corrected chi connectivity index (χ2v) is 6.09. The molecule has 0 unspecified atom stereocenters. The van der Waals surface area contributed by atoms with Crippen molar-refractivity contribution >= 4 is 44.2 Å². The van der Waals surface area contributed by atoms with Crippen LogP contribution in [0.2, 0.25) is 5.02 Å². The highest BCUT2D eigenvalue weighted by molar-refractivity contribution is 7.22. The number of nitrogens with one attached hydrogen (secondary N) is 2. The summed E-state index contributed by atoms with van der Waals surface area (Å²) in [7, 11) is 0. The second-order valence-electron chi connectivity index (χ2n) is 4.62. The Labute approximate surface area is 120 Å². The monoisotopic (exact) mass is 295 g/mol. The van der Waals surface area contributed by atoms with E-state index < -0.39 is 0 Å². The molecule has 0 atom stereocenters. The molecule has 1 aromatic carbocycles. The van der Waals surface area contributed by atoms with Gasteiger partial charge in [-0.2, -0.15) is 0 Å². The van der Waals surface area contributed by atoms with Gasteiger partial charge >= 0.3 is 0 Å². The Morgan fingerprint density at radius 2 is 2.26 bits per heavy atom. The summed E-state index contributed by atoms with van der Waals surface area (Å²) in [6.07, 6.45) is 2.08. The maximum Gasteiger partial charge on any atom is 0.223 e. The number of thiazole rings is 1. The van der Waals surface area contributed by atoms with E-state index >= 15 is 0 Å². The number of aromatic nitrogens is 1. The van der Waals surface area contributed by atoms with Crippen molar-refractivity contribution in [3.63, 3.8) is 0 Å². The second kappa shape index (κ2) is 5.35. The van der Waals surface area contributed by atoms with E-state index in [-0.39, 0.29) is 11.8 Å². The molecule has 0 aliphatic heterocycles. The third-order valence-electron chi connectivity index (χ3n) is 3.00. The molecule has 1 fully saturated rings. The van der Waals surface area contributed by atoms with E-state index in [9.17, 15) is 4.79 Å². The van der Waals surface area contributed by atoms with Crippen LogP contribution in [0.25, 0.3) is 10.2 Å². The van der Waals surface area contributed by atoms with Gasteiger partial charge in [0.2, 0.25) is 5.91 Å². The molecule has 19 heavy (non-hydrogen) atoms. The van der Waals surface area contributed by atoms with Crippen molar-refractivity contribution in [2.24, 2.45) is 5.92 Å². The predicted octanol–water partition coefficient (Wildman–Crippen LogP) is 2.89. The lowest BCUT2D eigenvalue weighted by atomic mass is 10.3. The molecule has 1 aliphatic carbocycles. The minimum atomic E-state index is 0.179. The van der Waals surface area contributed by atoms with Gasteiger partial charge in [0, 0.05) is 24.0 Å². The third kappa shape index (κ3) is 3.16. The average Bonchev–Trinajstić information content (AvgIpc) is 3.16. The van der Waals surface area contributed by atoms with Crippen molar-refractivity contribution in [3.05, 3.63) is 23.2 Å². The van der Waals surface area contributed by atoms with Crippen LogP contribution >= 0.6 is 22.9 Å². The van der Waals surface area contributed by atoms with Gasteiger partial charge in [-0.1, -0.05) is 22.9 Å². The van der Waals surface area contributed by atoms with Crippen molar-refractivity contribution in [1.82, 2.24) is 10.3 Å². The Kier molecular flexibility index (Phi) is 3.57. The maximum absolute atomic E-state index is 11.4. The summed E-state index contributed by atoms with van der Waals surface area (Å²) in [6.45, 7) is 1.32. The molecule has 1 heterocycles. The molecule has 100 valence electrons. The van der Waals surface area contributed by atoms with Crippen LogP contribution in [0.15, 0.2) is 18.2 Å².